The van der Waals surface area contributed by atoms with Gasteiger partial charge in [0.05, 0.1) is 6.04 Å². The minimum atomic E-state index is -0.116. The number of aryl methyl sites for hydroxylation is 1. The first kappa shape index (κ1) is 11.6. The molecule has 2 nitrogen and oxygen atoms in total. The second-order valence-electron chi connectivity index (χ2n) is 4.66. The van der Waals surface area contributed by atoms with Crippen molar-refractivity contribution >= 4 is 33.3 Å². The predicted molar refractivity (Wildman–Crippen MR) is 76.1 cm³/mol. The van der Waals surface area contributed by atoms with Gasteiger partial charge in [-0.3, -0.25) is 0 Å². The summed E-state index contributed by atoms with van der Waals surface area (Å²) in [7, 11) is 0. The Bertz CT molecular complexity index is 743. The van der Waals surface area contributed by atoms with E-state index in [1.165, 1.54) is 0 Å². The zero-order valence-corrected chi connectivity index (χ0v) is 11.1. The van der Waals surface area contributed by atoms with Crippen LogP contribution in [0.15, 0.2) is 34.7 Å². The van der Waals surface area contributed by atoms with Crippen molar-refractivity contribution in [1.82, 2.24) is 0 Å². The van der Waals surface area contributed by atoms with E-state index in [0.29, 0.717) is 0 Å². The molecule has 0 bridgehead atoms. The average molecular weight is 260 g/mol. The van der Waals surface area contributed by atoms with Crippen LogP contribution >= 0.6 is 11.6 Å². The summed E-state index contributed by atoms with van der Waals surface area (Å²) in [5, 5.41) is 3.84. The third kappa shape index (κ3) is 1.53. The van der Waals surface area contributed by atoms with Crippen LogP contribution in [0.4, 0.5) is 0 Å². The van der Waals surface area contributed by atoms with E-state index < -0.39 is 0 Å². The molecule has 3 heteroatoms. The summed E-state index contributed by atoms with van der Waals surface area (Å²) in [5.74, 6) is 0.831. The van der Waals surface area contributed by atoms with Crippen molar-refractivity contribution in [3.63, 3.8) is 0 Å². The summed E-state index contributed by atoms with van der Waals surface area (Å²) in [6, 6.07) is 9.83. The number of fused-ring (bicyclic) bond motifs is 3. The first-order chi connectivity index (χ1) is 8.59. The Hall–Kier alpha value is -1.51. The van der Waals surface area contributed by atoms with E-state index in [0.717, 1.165) is 38.1 Å². The van der Waals surface area contributed by atoms with Crippen LogP contribution in [0.2, 0.25) is 5.02 Å². The molecule has 0 amide bonds. The molecule has 0 aliphatic rings. The molecule has 18 heavy (non-hydrogen) atoms. The van der Waals surface area contributed by atoms with Crippen molar-refractivity contribution in [3.05, 3.63) is 46.7 Å². The van der Waals surface area contributed by atoms with Crippen molar-refractivity contribution in [1.29, 1.82) is 0 Å². The maximum Gasteiger partial charge on any atom is 0.142 e. The number of benzene rings is 2. The zero-order chi connectivity index (χ0) is 12.9. The number of halogens is 1. The quantitative estimate of drug-likeness (QED) is 0.695. The normalized spacial score (nSPS) is 13.3. The Labute approximate surface area is 110 Å². The van der Waals surface area contributed by atoms with Gasteiger partial charge in [-0.05, 0) is 19.9 Å². The van der Waals surface area contributed by atoms with Crippen LogP contribution in [-0.2, 0) is 0 Å². The van der Waals surface area contributed by atoms with Gasteiger partial charge in [0.2, 0.25) is 0 Å². The van der Waals surface area contributed by atoms with E-state index in [1.807, 2.05) is 44.2 Å². The Balaban J connectivity index is 2.52. The summed E-state index contributed by atoms with van der Waals surface area (Å²) in [6.45, 7) is 3.95. The first-order valence-electron chi connectivity index (χ1n) is 5.95. The molecule has 92 valence electrons. The molecule has 3 rings (SSSR count). The van der Waals surface area contributed by atoms with Gasteiger partial charge in [0.1, 0.15) is 11.3 Å². The van der Waals surface area contributed by atoms with Gasteiger partial charge in [0, 0.05) is 26.7 Å². The first-order valence-corrected chi connectivity index (χ1v) is 6.33. The highest BCUT2D eigenvalue weighted by atomic mass is 35.5. The lowest BCUT2D eigenvalue weighted by atomic mass is 10.0. The summed E-state index contributed by atoms with van der Waals surface area (Å²) in [5.41, 5.74) is 7.89. The maximum atomic E-state index is 6.32. The van der Waals surface area contributed by atoms with Crippen LogP contribution in [0.1, 0.15) is 24.3 Å². The van der Waals surface area contributed by atoms with Crippen LogP contribution in [0.25, 0.3) is 21.7 Å². The lowest BCUT2D eigenvalue weighted by Gasteiger charge is -2.01. The molecule has 2 N–H and O–H groups in total. The van der Waals surface area contributed by atoms with Crippen molar-refractivity contribution in [2.24, 2.45) is 5.73 Å². The molecule has 0 saturated carbocycles. The second-order valence-corrected chi connectivity index (χ2v) is 5.07. The standard InChI is InChI=1S/C15H14ClNO/c1-8-12-7-13(16)10-5-3-4-6-11(10)15(12)18-14(8)9(2)17/h3-7,9H,17H2,1-2H3. The van der Waals surface area contributed by atoms with Crippen molar-refractivity contribution in [2.45, 2.75) is 19.9 Å². The van der Waals surface area contributed by atoms with E-state index in [9.17, 15) is 0 Å². The summed E-state index contributed by atoms with van der Waals surface area (Å²) in [6.07, 6.45) is 0. The molecule has 2 aromatic carbocycles. The van der Waals surface area contributed by atoms with E-state index in [4.69, 9.17) is 21.8 Å². The van der Waals surface area contributed by atoms with Gasteiger partial charge >= 0.3 is 0 Å². The molecule has 0 fully saturated rings. The van der Waals surface area contributed by atoms with E-state index in [2.05, 4.69) is 0 Å². The molecule has 0 aliphatic heterocycles. The lowest BCUT2D eigenvalue weighted by Crippen LogP contribution is -2.04. The minimum absolute atomic E-state index is 0.116. The largest absolute Gasteiger partial charge is 0.458 e. The van der Waals surface area contributed by atoms with Crippen LogP contribution in [-0.4, -0.2) is 0 Å². The van der Waals surface area contributed by atoms with Crippen molar-refractivity contribution in [2.75, 3.05) is 0 Å². The van der Waals surface area contributed by atoms with Gasteiger partial charge in [0.25, 0.3) is 0 Å². The molecule has 1 unspecified atom stereocenters. The third-order valence-corrected chi connectivity index (χ3v) is 3.66. The molecule has 1 atom stereocenters. The van der Waals surface area contributed by atoms with Crippen molar-refractivity contribution < 1.29 is 4.42 Å². The number of hydrogen-bond acceptors (Lipinski definition) is 2. The number of hydrogen-bond donors (Lipinski definition) is 1. The van der Waals surface area contributed by atoms with Crippen LogP contribution in [0.3, 0.4) is 0 Å². The minimum Gasteiger partial charge on any atom is -0.458 e. The maximum absolute atomic E-state index is 6.32. The van der Waals surface area contributed by atoms with Gasteiger partial charge in [-0.1, -0.05) is 35.9 Å². The molecular weight excluding hydrogens is 246 g/mol. The highest BCUT2D eigenvalue weighted by molar-refractivity contribution is 6.37. The number of furan rings is 1. The van der Waals surface area contributed by atoms with E-state index in [1.54, 1.807) is 0 Å². The van der Waals surface area contributed by atoms with Crippen LogP contribution < -0.4 is 5.73 Å². The number of rotatable bonds is 1. The fraction of sp³-hybridized carbons (Fsp3) is 0.200. The smallest absolute Gasteiger partial charge is 0.142 e. The summed E-state index contributed by atoms with van der Waals surface area (Å²) >= 11 is 6.32. The predicted octanol–water partition coefficient (Wildman–Crippen LogP) is 4.57. The molecule has 0 spiro atoms. The third-order valence-electron chi connectivity index (χ3n) is 3.34. The number of nitrogens with two attached hydrogens (primary N) is 1. The summed E-state index contributed by atoms with van der Waals surface area (Å²) < 4.78 is 5.94. The lowest BCUT2D eigenvalue weighted by molar-refractivity contribution is 0.511. The Morgan fingerprint density at radius 2 is 1.83 bits per heavy atom. The fourth-order valence-corrected chi connectivity index (χ4v) is 2.72. The SMILES string of the molecule is Cc1c(C(C)N)oc2c1cc(Cl)c1ccccc12. The van der Waals surface area contributed by atoms with Crippen molar-refractivity contribution in [3.8, 4) is 0 Å². The van der Waals surface area contributed by atoms with Gasteiger partial charge in [0.15, 0.2) is 0 Å². The van der Waals surface area contributed by atoms with Gasteiger partial charge < -0.3 is 10.2 Å². The highest BCUT2D eigenvalue weighted by Gasteiger charge is 2.16. The van der Waals surface area contributed by atoms with Crippen LogP contribution in [0, 0.1) is 6.92 Å². The topological polar surface area (TPSA) is 39.2 Å². The Morgan fingerprint density at radius 3 is 2.50 bits per heavy atom. The van der Waals surface area contributed by atoms with Gasteiger partial charge in [-0.25, -0.2) is 0 Å². The molecule has 0 saturated heterocycles. The second kappa shape index (κ2) is 4.01. The van der Waals surface area contributed by atoms with E-state index >= 15 is 0 Å². The Kier molecular flexibility index (Phi) is 2.58. The average Bonchev–Trinajstić information content (AvgIpc) is 2.68. The Morgan fingerprint density at radius 1 is 1.17 bits per heavy atom. The zero-order valence-electron chi connectivity index (χ0n) is 10.3. The van der Waals surface area contributed by atoms with Gasteiger partial charge in [-0.2, -0.15) is 0 Å². The molecule has 1 aromatic heterocycles. The molecule has 0 radical (unpaired) electrons. The summed E-state index contributed by atoms with van der Waals surface area (Å²) in [4.78, 5) is 0. The van der Waals surface area contributed by atoms with E-state index in [-0.39, 0.29) is 6.04 Å². The highest BCUT2D eigenvalue weighted by Crippen LogP contribution is 2.37. The molecule has 3 aromatic rings. The monoisotopic (exact) mass is 259 g/mol. The molecular formula is C15H14ClNO. The van der Waals surface area contributed by atoms with Gasteiger partial charge in [-0.15, -0.1) is 0 Å². The van der Waals surface area contributed by atoms with Crippen LogP contribution in [0.5, 0.6) is 0 Å². The molecule has 0 aliphatic carbocycles. The fourth-order valence-electron chi connectivity index (χ4n) is 2.45. The molecule has 1 heterocycles.